The Labute approximate surface area is 74.0 Å². The van der Waals surface area contributed by atoms with Crippen molar-refractivity contribution < 1.29 is 0 Å². The van der Waals surface area contributed by atoms with E-state index in [0.717, 1.165) is 22.2 Å². The number of nitrogens with zero attached hydrogens (tertiary/aromatic N) is 2. The van der Waals surface area contributed by atoms with Crippen LogP contribution in [0, 0.1) is 6.92 Å². The topological polar surface area (TPSA) is 57.4 Å². The number of nitrogens with one attached hydrogen (secondary N) is 2. The first kappa shape index (κ1) is 6.65. The van der Waals surface area contributed by atoms with E-state index in [0.29, 0.717) is 0 Å². The largest absolute Gasteiger partial charge is 0.305 e. The number of fused-ring (bicyclic) bond motifs is 2. The summed E-state index contributed by atoms with van der Waals surface area (Å²) in [6, 6.07) is 4.04. The van der Waals surface area contributed by atoms with Crippen molar-refractivity contribution in [1.82, 2.24) is 20.2 Å². The Morgan fingerprint density at radius 1 is 1.08 bits per heavy atom. The lowest BCUT2D eigenvalue weighted by atomic mass is 10.2. The number of benzene rings is 1. The molecule has 4 heteroatoms. The van der Waals surface area contributed by atoms with Gasteiger partial charge >= 0.3 is 0 Å². The van der Waals surface area contributed by atoms with Crippen molar-refractivity contribution in [2.45, 2.75) is 6.92 Å². The van der Waals surface area contributed by atoms with Gasteiger partial charge < -0.3 is 10.2 Å². The van der Waals surface area contributed by atoms with Crippen LogP contribution in [-0.4, -0.2) is 20.2 Å². The standard InChI is InChI=1S/C9H8N4/c1-5-6-2-8-9(11-4-10-8)3-7(6)13-12-5/h2-4,12-13H,1H3. The molecule has 2 heterocycles. The molecule has 3 aromatic rings. The molecule has 2 aromatic heterocycles. The lowest BCUT2D eigenvalue weighted by Gasteiger charge is -1.89. The highest BCUT2D eigenvalue weighted by molar-refractivity contribution is 5.94. The monoisotopic (exact) mass is 172 g/mol. The summed E-state index contributed by atoms with van der Waals surface area (Å²) < 4.78 is 0. The molecule has 0 saturated carbocycles. The molecule has 2 N–H and O–H groups in total. The van der Waals surface area contributed by atoms with Crippen LogP contribution < -0.4 is 0 Å². The molecule has 64 valence electrons. The third kappa shape index (κ3) is 0.796. The van der Waals surface area contributed by atoms with Crippen LogP contribution in [0.25, 0.3) is 21.9 Å². The number of imidazole rings is 1. The van der Waals surface area contributed by atoms with Gasteiger partial charge in [-0.1, -0.05) is 0 Å². The zero-order valence-electron chi connectivity index (χ0n) is 7.13. The Morgan fingerprint density at radius 3 is 2.69 bits per heavy atom. The molecule has 0 aliphatic rings. The number of hydrogen-bond acceptors (Lipinski definition) is 2. The Balaban J connectivity index is 2.59. The zero-order valence-corrected chi connectivity index (χ0v) is 7.13. The quantitative estimate of drug-likeness (QED) is 0.542. The minimum absolute atomic E-state index is 0.933. The number of aromatic amines is 2. The predicted octanol–water partition coefficient (Wildman–Crippen LogP) is 1.75. The molecule has 0 spiro atoms. The summed E-state index contributed by atoms with van der Waals surface area (Å²) in [5, 5.41) is 7.31. The van der Waals surface area contributed by atoms with Crippen molar-refractivity contribution in [2.75, 3.05) is 0 Å². The minimum Gasteiger partial charge on any atom is -0.305 e. The SMILES string of the molecule is Cc1[nH][nH]c2cc3ncnc3cc12. The van der Waals surface area contributed by atoms with Gasteiger partial charge in [-0.2, -0.15) is 0 Å². The third-order valence-corrected chi connectivity index (χ3v) is 2.30. The number of aromatic nitrogens is 4. The maximum absolute atomic E-state index is 4.15. The van der Waals surface area contributed by atoms with Gasteiger partial charge in [0.25, 0.3) is 0 Å². The first-order valence-electron chi connectivity index (χ1n) is 4.12. The van der Waals surface area contributed by atoms with E-state index in [1.54, 1.807) is 6.33 Å². The highest BCUT2D eigenvalue weighted by Gasteiger charge is 2.03. The van der Waals surface area contributed by atoms with Crippen molar-refractivity contribution in [3.8, 4) is 0 Å². The first-order chi connectivity index (χ1) is 6.34. The first-order valence-corrected chi connectivity index (χ1v) is 4.12. The summed E-state index contributed by atoms with van der Waals surface area (Å²) in [4.78, 5) is 8.28. The average Bonchev–Trinajstić information content (AvgIpc) is 2.70. The van der Waals surface area contributed by atoms with E-state index in [1.807, 2.05) is 19.1 Å². The number of rotatable bonds is 0. The fraction of sp³-hybridized carbons (Fsp3) is 0.111. The van der Waals surface area contributed by atoms with Gasteiger partial charge in [0, 0.05) is 11.1 Å². The van der Waals surface area contributed by atoms with Crippen molar-refractivity contribution in [2.24, 2.45) is 0 Å². The summed E-state index contributed by atoms with van der Waals surface area (Å²) in [5.74, 6) is 0. The second-order valence-corrected chi connectivity index (χ2v) is 3.14. The highest BCUT2D eigenvalue weighted by Crippen LogP contribution is 2.20. The molecule has 0 radical (unpaired) electrons. The smallest absolute Gasteiger partial charge is 0.116 e. The Kier molecular flexibility index (Phi) is 1.07. The fourth-order valence-electron chi connectivity index (χ4n) is 1.58. The van der Waals surface area contributed by atoms with Crippen LogP contribution in [0.2, 0.25) is 0 Å². The van der Waals surface area contributed by atoms with Gasteiger partial charge in [-0.25, -0.2) is 9.97 Å². The molecule has 0 bridgehead atoms. The van der Waals surface area contributed by atoms with Crippen LogP contribution in [0.1, 0.15) is 5.69 Å². The number of H-pyrrole nitrogens is 2. The fourth-order valence-corrected chi connectivity index (χ4v) is 1.58. The van der Waals surface area contributed by atoms with E-state index in [2.05, 4.69) is 20.2 Å². The van der Waals surface area contributed by atoms with Crippen LogP contribution in [0.4, 0.5) is 0 Å². The lowest BCUT2D eigenvalue weighted by Crippen LogP contribution is -1.72. The Hall–Kier alpha value is -1.84. The summed E-state index contributed by atoms with van der Waals surface area (Å²) in [5.41, 5.74) is 4.08. The maximum Gasteiger partial charge on any atom is 0.116 e. The molecule has 1 aromatic carbocycles. The highest BCUT2D eigenvalue weighted by atomic mass is 15.1. The van der Waals surface area contributed by atoms with Gasteiger partial charge in [0.1, 0.15) is 6.33 Å². The van der Waals surface area contributed by atoms with Crippen molar-refractivity contribution >= 4 is 21.9 Å². The van der Waals surface area contributed by atoms with E-state index >= 15 is 0 Å². The molecule has 0 aliphatic heterocycles. The molecule has 0 unspecified atom stereocenters. The Morgan fingerprint density at radius 2 is 1.85 bits per heavy atom. The van der Waals surface area contributed by atoms with Crippen molar-refractivity contribution in [3.63, 3.8) is 0 Å². The van der Waals surface area contributed by atoms with Gasteiger partial charge in [-0.05, 0) is 19.1 Å². The maximum atomic E-state index is 4.15. The molecule has 0 aliphatic carbocycles. The second-order valence-electron chi connectivity index (χ2n) is 3.14. The van der Waals surface area contributed by atoms with E-state index in [4.69, 9.17) is 0 Å². The Bertz CT molecular complexity index is 575. The van der Waals surface area contributed by atoms with Gasteiger partial charge in [-0.3, -0.25) is 0 Å². The van der Waals surface area contributed by atoms with Crippen LogP contribution >= 0.6 is 0 Å². The van der Waals surface area contributed by atoms with Gasteiger partial charge in [0.15, 0.2) is 0 Å². The molecular formula is C9H8N4. The third-order valence-electron chi connectivity index (χ3n) is 2.30. The molecule has 4 nitrogen and oxygen atoms in total. The summed E-state index contributed by atoms with van der Waals surface area (Å²) in [7, 11) is 0. The van der Waals surface area contributed by atoms with Crippen LogP contribution in [0.3, 0.4) is 0 Å². The summed E-state index contributed by atoms with van der Waals surface area (Å²) in [6.45, 7) is 2.03. The molecular weight excluding hydrogens is 164 g/mol. The number of aryl methyl sites for hydroxylation is 1. The van der Waals surface area contributed by atoms with Gasteiger partial charge in [0.2, 0.25) is 0 Å². The minimum atomic E-state index is 0.933. The van der Waals surface area contributed by atoms with Gasteiger partial charge in [-0.15, -0.1) is 0 Å². The molecule has 3 rings (SSSR count). The van der Waals surface area contributed by atoms with Crippen LogP contribution in [-0.2, 0) is 0 Å². The average molecular weight is 172 g/mol. The predicted molar refractivity (Wildman–Crippen MR) is 50.5 cm³/mol. The number of hydrogen-bond donors (Lipinski definition) is 2. The van der Waals surface area contributed by atoms with E-state index in [1.165, 1.54) is 5.39 Å². The second kappa shape index (κ2) is 2.10. The molecule has 0 atom stereocenters. The van der Waals surface area contributed by atoms with Crippen LogP contribution in [0.5, 0.6) is 0 Å². The molecule has 0 fully saturated rings. The zero-order chi connectivity index (χ0) is 8.84. The van der Waals surface area contributed by atoms with Crippen LogP contribution in [0.15, 0.2) is 18.5 Å². The normalized spacial score (nSPS) is 11.5. The van der Waals surface area contributed by atoms with E-state index < -0.39 is 0 Å². The summed E-state index contributed by atoms with van der Waals surface area (Å²) >= 11 is 0. The van der Waals surface area contributed by atoms with E-state index in [9.17, 15) is 0 Å². The molecule has 13 heavy (non-hydrogen) atoms. The van der Waals surface area contributed by atoms with Crippen molar-refractivity contribution in [3.05, 3.63) is 24.2 Å². The lowest BCUT2D eigenvalue weighted by molar-refractivity contribution is 1.07. The molecule has 0 saturated heterocycles. The van der Waals surface area contributed by atoms with E-state index in [-0.39, 0.29) is 0 Å². The molecule has 0 amide bonds. The summed E-state index contributed by atoms with van der Waals surface area (Å²) in [6.07, 6.45) is 1.59. The van der Waals surface area contributed by atoms with Crippen molar-refractivity contribution in [1.29, 1.82) is 0 Å². The van der Waals surface area contributed by atoms with Gasteiger partial charge in [0.05, 0.1) is 16.6 Å².